The van der Waals surface area contributed by atoms with Gasteiger partial charge in [0, 0.05) is 36.4 Å². The van der Waals surface area contributed by atoms with E-state index in [9.17, 15) is 4.79 Å². The molecule has 1 aromatic rings. The van der Waals surface area contributed by atoms with Crippen molar-refractivity contribution >= 4 is 21.8 Å². The Kier molecular flexibility index (Phi) is 5.32. The van der Waals surface area contributed by atoms with Gasteiger partial charge in [-0.05, 0) is 18.6 Å². The van der Waals surface area contributed by atoms with E-state index < -0.39 is 0 Å². The lowest BCUT2D eigenvalue weighted by Crippen LogP contribution is -2.33. The molecular formula is C11H15BrN2O. The van der Waals surface area contributed by atoms with Gasteiger partial charge in [0.15, 0.2) is 0 Å². The molecule has 0 aliphatic heterocycles. The summed E-state index contributed by atoms with van der Waals surface area (Å²) in [5.74, 6) is 0.0821. The van der Waals surface area contributed by atoms with Crippen molar-refractivity contribution in [1.29, 1.82) is 0 Å². The Bertz CT molecular complexity index is 297. The molecule has 0 saturated carbocycles. The van der Waals surface area contributed by atoms with Gasteiger partial charge in [0.2, 0.25) is 0 Å². The summed E-state index contributed by atoms with van der Waals surface area (Å²) in [6.45, 7) is 3.61. The number of hydrogen-bond donors (Lipinski definition) is 0. The highest BCUT2D eigenvalue weighted by molar-refractivity contribution is 9.09. The van der Waals surface area contributed by atoms with Crippen LogP contribution in [0.25, 0.3) is 0 Å². The van der Waals surface area contributed by atoms with Crippen LogP contribution in [0.4, 0.5) is 0 Å². The Hall–Kier alpha value is -0.900. The zero-order valence-corrected chi connectivity index (χ0v) is 10.4. The molecule has 0 aliphatic rings. The molecule has 0 aliphatic carbocycles. The zero-order valence-electron chi connectivity index (χ0n) is 8.82. The molecule has 0 aromatic carbocycles. The number of alkyl halides is 1. The molecule has 0 bridgehead atoms. The summed E-state index contributed by atoms with van der Waals surface area (Å²) in [6, 6.07) is 3.50. The zero-order chi connectivity index (χ0) is 11.1. The molecule has 1 aromatic heterocycles. The van der Waals surface area contributed by atoms with Crippen molar-refractivity contribution in [3.05, 3.63) is 30.1 Å². The van der Waals surface area contributed by atoms with Gasteiger partial charge in [-0.15, -0.1) is 0 Å². The maximum atomic E-state index is 12.0. The first-order valence-corrected chi connectivity index (χ1v) is 6.17. The van der Waals surface area contributed by atoms with E-state index in [0.717, 1.165) is 24.8 Å². The van der Waals surface area contributed by atoms with Crippen LogP contribution in [0.15, 0.2) is 24.5 Å². The van der Waals surface area contributed by atoms with Crippen molar-refractivity contribution in [2.75, 3.05) is 18.4 Å². The first-order chi connectivity index (χ1) is 7.29. The molecule has 0 N–H and O–H groups in total. The second kappa shape index (κ2) is 6.56. The van der Waals surface area contributed by atoms with Gasteiger partial charge in [-0.1, -0.05) is 22.9 Å². The number of carbonyl (C=O) groups is 1. The molecule has 3 nitrogen and oxygen atoms in total. The summed E-state index contributed by atoms with van der Waals surface area (Å²) in [5, 5.41) is 0.809. The second-order valence-corrected chi connectivity index (χ2v) is 4.01. The van der Waals surface area contributed by atoms with Crippen LogP contribution in [0.5, 0.6) is 0 Å². The van der Waals surface area contributed by atoms with E-state index in [-0.39, 0.29) is 5.91 Å². The molecule has 1 amide bonds. The van der Waals surface area contributed by atoms with Gasteiger partial charge >= 0.3 is 0 Å². The number of aromatic nitrogens is 1. The molecule has 0 radical (unpaired) electrons. The van der Waals surface area contributed by atoms with E-state index in [2.05, 4.69) is 27.8 Å². The van der Waals surface area contributed by atoms with Crippen LogP contribution in [-0.2, 0) is 0 Å². The first-order valence-electron chi connectivity index (χ1n) is 5.04. The van der Waals surface area contributed by atoms with E-state index in [1.807, 2.05) is 4.90 Å². The van der Waals surface area contributed by atoms with Gasteiger partial charge in [0.25, 0.3) is 5.91 Å². The minimum absolute atomic E-state index is 0.0821. The third-order valence-corrected chi connectivity index (χ3v) is 2.42. The molecule has 1 rings (SSSR count). The number of amides is 1. The number of nitrogens with zero attached hydrogens (tertiary/aromatic N) is 2. The van der Waals surface area contributed by atoms with Crippen LogP contribution in [-0.4, -0.2) is 34.2 Å². The number of pyridine rings is 1. The van der Waals surface area contributed by atoms with E-state index >= 15 is 0 Å². The Balaban J connectivity index is 2.71. The lowest BCUT2D eigenvalue weighted by Gasteiger charge is -2.20. The largest absolute Gasteiger partial charge is 0.338 e. The summed E-state index contributed by atoms with van der Waals surface area (Å²) in [7, 11) is 0. The third kappa shape index (κ3) is 3.63. The predicted molar refractivity (Wildman–Crippen MR) is 64.2 cm³/mol. The third-order valence-electron chi connectivity index (χ3n) is 2.06. The fraction of sp³-hybridized carbons (Fsp3) is 0.455. The van der Waals surface area contributed by atoms with Crippen LogP contribution in [0.3, 0.4) is 0 Å². The molecule has 0 atom stereocenters. The van der Waals surface area contributed by atoms with Crippen molar-refractivity contribution in [3.8, 4) is 0 Å². The van der Waals surface area contributed by atoms with Gasteiger partial charge in [-0.3, -0.25) is 9.78 Å². The summed E-state index contributed by atoms with van der Waals surface area (Å²) >= 11 is 3.35. The van der Waals surface area contributed by atoms with Gasteiger partial charge in [0.1, 0.15) is 0 Å². The Morgan fingerprint density at radius 2 is 2.07 bits per heavy atom. The minimum atomic E-state index is 0.0821. The van der Waals surface area contributed by atoms with Crippen LogP contribution < -0.4 is 0 Å². The van der Waals surface area contributed by atoms with Gasteiger partial charge in [-0.25, -0.2) is 0 Å². The predicted octanol–water partition coefficient (Wildman–Crippen LogP) is 2.33. The fourth-order valence-electron chi connectivity index (χ4n) is 1.36. The number of rotatable bonds is 5. The van der Waals surface area contributed by atoms with Gasteiger partial charge in [-0.2, -0.15) is 0 Å². The van der Waals surface area contributed by atoms with Gasteiger partial charge < -0.3 is 4.90 Å². The first kappa shape index (κ1) is 12.2. The van der Waals surface area contributed by atoms with Crippen LogP contribution in [0.2, 0.25) is 0 Å². The number of carbonyl (C=O) groups excluding carboxylic acids is 1. The molecule has 0 fully saturated rings. The molecule has 0 unspecified atom stereocenters. The van der Waals surface area contributed by atoms with Gasteiger partial charge in [0.05, 0.1) is 0 Å². The van der Waals surface area contributed by atoms with E-state index in [0.29, 0.717) is 5.56 Å². The number of halogens is 1. The van der Waals surface area contributed by atoms with E-state index in [4.69, 9.17) is 0 Å². The highest BCUT2D eigenvalue weighted by atomic mass is 79.9. The lowest BCUT2D eigenvalue weighted by molar-refractivity contribution is 0.0766. The fourth-order valence-corrected chi connectivity index (χ4v) is 1.79. The Morgan fingerprint density at radius 3 is 2.60 bits per heavy atom. The monoisotopic (exact) mass is 270 g/mol. The standard InChI is InChI=1S/C11H15BrN2O/c1-2-8-14(9-5-12)11(15)10-3-6-13-7-4-10/h3-4,6-7H,2,5,8-9H2,1H3. The SMILES string of the molecule is CCCN(CCBr)C(=O)c1ccncc1. The second-order valence-electron chi connectivity index (χ2n) is 3.22. The molecule has 1 heterocycles. The molecule has 82 valence electrons. The van der Waals surface area contributed by atoms with Crippen molar-refractivity contribution in [2.45, 2.75) is 13.3 Å². The van der Waals surface area contributed by atoms with E-state index in [1.54, 1.807) is 24.5 Å². The van der Waals surface area contributed by atoms with Crippen LogP contribution >= 0.6 is 15.9 Å². The van der Waals surface area contributed by atoms with Crippen molar-refractivity contribution < 1.29 is 4.79 Å². The topological polar surface area (TPSA) is 33.2 Å². The van der Waals surface area contributed by atoms with Crippen molar-refractivity contribution in [1.82, 2.24) is 9.88 Å². The van der Waals surface area contributed by atoms with Crippen LogP contribution in [0, 0.1) is 0 Å². The average molecular weight is 271 g/mol. The maximum Gasteiger partial charge on any atom is 0.253 e. The van der Waals surface area contributed by atoms with Crippen LogP contribution in [0.1, 0.15) is 23.7 Å². The normalized spacial score (nSPS) is 10.0. The van der Waals surface area contributed by atoms with Crippen molar-refractivity contribution in [3.63, 3.8) is 0 Å². The van der Waals surface area contributed by atoms with Crippen molar-refractivity contribution in [2.24, 2.45) is 0 Å². The highest BCUT2D eigenvalue weighted by Gasteiger charge is 2.13. The number of hydrogen-bond acceptors (Lipinski definition) is 2. The summed E-state index contributed by atoms with van der Waals surface area (Å²) in [6.07, 6.45) is 4.26. The minimum Gasteiger partial charge on any atom is -0.338 e. The molecule has 0 spiro atoms. The summed E-state index contributed by atoms with van der Waals surface area (Å²) in [4.78, 5) is 17.8. The lowest BCUT2D eigenvalue weighted by atomic mass is 10.2. The summed E-state index contributed by atoms with van der Waals surface area (Å²) in [5.41, 5.74) is 0.708. The molecule has 15 heavy (non-hydrogen) atoms. The Morgan fingerprint density at radius 1 is 1.40 bits per heavy atom. The highest BCUT2D eigenvalue weighted by Crippen LogP contribution is 2.04. The van der Waals surface area contributed by atoms with E-state index in [1.165, 1.54) is 0 Å². The maximum absolute atomic E-state index is 12.0. The molecule has 4 heteroatoms. The Labute approximate surface area is 98.6 Å². The average Bonchev–Trinajstić information content (AvgIpc) is 2.29. The summed E-state index contributed by atoms with van der Waals surface area (Å²) < 4.78 is 0. The molecule has 0 saturated heterocycles. The smallest absolute Gasteiger partial charge is 0.253 e. The molecular weight excluding hydrogens is 256 g/mol. The quantitative estimate of drug-likeness (QED) is 0.770.